The van der Waals surface area contributed by atoms with Gasteiger partial charge in [0.15, 0.2) is 0 Å². The Labute approximate surface area is 178 Å². The summed E-state index contributed by atoms with van der Waals surface area (Å²) < 4.78 is 82.0. The molecule has 170 valence electrons. The summed E-state index contributed by atoms with van der Waals surface area (Å²) in [5, 5.41) is 2.80. The number of nitrogens with zero attached hydrogens (tertiary/aromatic N) is 1. The highest BCUT2D eigenvalue weighted by molar-refractivity contribution is 5.96. The summed E-state index contributed by atoms with van der Waals surface area (Å²) in [6.07, 6.45) is -8.89. The average molecular weight is 458 g/mol. The maximum atomic E-state index is 13.0. The Kier molecular flexibility index (Phi) is 5.09. The zero-order chi connectivity index (χ0) is 23.3. The molecule has 4 rings (SSSR count). The highest BCUT2D eigenvalue weighted by Gasteiger charge is 2.49. The molecule has 1 N–H and O–H groups in total. The van der Waals surface area contributed by atoms with Crippen LogP contribution >= 0.6 is 0 Å². The highest BCUT2D eigenvalue weighted by atomic mass is 19.4. The van der Waals surface area contributed by atoms with E-state index in [-0.39, 0.29) is 35.7 Å². The molecule has 2 heterocycles. The molecular weight excluding hydrogens is 442 g/mol. The molecule has 0 radical (unpaired) electrons. The van der Waals surface area contributed by atoms with Gasteiger partial charge in [-0.05, 0) is 42.3 Å². The predicted molar refractivity (Wildman–Crippen MR) is 99.6 cm³/mol. The van der Waals surface area contributed by atoms with Crippen LogP contribution in [-0.2, 0) is 11.0 Å². The van der Waals surface area contributed by atoms with Crippen molar-refractivity contribution in [2.45, 2.75) is 30.9 Å². The lowest BCUT2D eigenvalue weighted by molar-refractivity contribution is -0.274. The Morgan fingerprint density at radius 2 is 1.75 bits per heavy atom. The molecule has 0 saturated carbocycles. The van der Waals surface area contributed by atoms with Crippen LogP contribution in [0.4, 0.5) is 26.3 Å². The normalized spacial score (nSPS) is 17.8. The fourth-order valence-corrected chi connectivity index (χ4v) is 3.99. The number of hydrogen-bond donors (Lipinski definition) is 1. The lowest BCUT2D eigenvalue weighted by Gasteiger charge is -2.47. The Bertz CT molecular complexity index is 1070. The minimum atomic E-state index is -5.12. The third-order valence-corrected chi connectivity index (χ3v) is 5.46. The number of carbonyl (C=O) groups is 2. The lowest BCUT2D eigenvalue weighted by atomic mass is 9.87. The molecule has 0 bridgehead atoms. The summed E-state index contributed by atoms with van der Waals surface area (Å²) >= 11 is 0. The van der Waals surface area contributed by atoms with Crippen LogP contribution in [0.5, 0.6) is 5.75 Å². The number of carbonyl (C=O) groups excluding carboxylic acids is 2. The first-order valence-electron chi connectivity index (χ1n) is 9.53. The van der Waals surface area contributed by atoms with Gasteiger partial charge in [0.05, 0.1) is 11.1 Å². The summed E-state index contributed by atoms with van der Waals surface area (Å²) in [6, 6.07) is 7.02. The minimum absolute atomic E-state index is 0.112. The Hall–Kier alpha value is -3.24. The van der Waals surface area contributed by atoms with Crippen LogP contribution in [0.3, 0.4) is 0 Å². The van der Waals surface area contributed by atoms with Crippen molar-refractivity contribution < 1.29 is 40.7 Å². The van der Waals surface area contributed by atoms with Gasteiger partial charge in [-0.3, -0.25) is 9.59 Å². The quantitative estimate of drug-likeness (QED) is 0.695. The summed E-state index contributed by atoms with van der Waals surface area (Å²) in [5.74, 6) is -1.48. The molecule has 32 heavy (non-hydrogen) atoms. The van der Waals surface area contributed by atoms with E-state index in [1.54, 1.807) is 0 Å². The molecule has 2 fully saturated rings. The van der Waals surface area contributed by atoms with Crippen LogP contribution in [0.25, 0.3) is 11.1 Å². The van der Waals surface area contributed by atoms with E-state index in [1.165, 1.54) is 17.0 Å². The molecule has 2 aliphatic rings. The number of benzene rings is 2. The van der Waals surface area contributed by atoms with Crippen molar-refractivity contribution in [1.82, 2.24) is 10.2 Å². The second-order valence-corrected chi connectivity index (χ2v) is 7.83. The Balaban J connectivity index is 1.63. The predicted octanol–water partition coefficient (Wildman–Crippen LogP) is 4.38. The van der Waals surface area contributed by atoms with Crippen molar-refractivity contribution in [3.05, 3.63) is 53.6 Å². The van der Waals surface area contributed by atoms with Gasteiger partial charge in [0.2, 0.25) is 5.91 Å². The molecular formula is C21H16F6N2O3. The number of likely N-dealkylation sites (tertiary alicyclic amines) is 1. The first-order chi connectivity index (χ1) is 14.9. The summed E-state index contributed by atoms with van der Waals surface area (Å²) in [4.78, 5) is 25.5. The van der Waals surface area contributed by atoms with Crippen LogP contribution < -0.4 is 10.1 Å². The number of nitrogens with one attached hydrogen (secondary N) is 1. The molecule has 1 spiro atoms. The molecule has 11 heteroatoms. The molecule has 0 aliphatic carbocycles. The van der Waals surface area contributed by atoms with Gasteiger partial charge in [-0.25, -0.2) is 0 Å². The average Bonchev–Trinajstić information content (AvgIpc) is 3.06. The van der Waals surface area contributed by atoms with Crippen molar-refractivity contribution in [2.24, 2.45) is 0 Å². The van der Waals surface area contributed by atoms with Crippen molar-refractivity contribution >= 4 is 11.8 Å². The van der Waals surface area contributed by atoms with E-state index in [0.717, 1.165) is 24.3 Å². The molecule has 5 nitrogen and oxygen atoms in total. The minimum Gasteiger partial charge on any atom is -0.405 e. The van der Waals surface area contributed by atoms with E-state index >= 15 is 0 Å². The fraction of sp³-hybridized carbons (Fsp3) is 0.333. The first-order valence-corrected chi connectivity index (χ1v) is 9.53. The molecule has 0 atom stereocenters. The molecule has 0 unspecified atom stereocenters. The maximum Gasteiger partial charge on any atom is 0.573 e. The third-order valence-electron chi connectivity index (χ3n) is 5.46. The monoisotopic (exact) mass is 458 g/mol. The highest BCUT2D eigenvalue weighted by Crippen LogP contribution is 2.39. The van der Waals surface area contributed by atoms with Gasteiger partial charge in [0, 0.05) is 30.6 Å². The molecule has 2 aromatic carbocycles. The smallest absolute Gasteiger partial charge is 0.405 e. The van der Waals surface area contributed by atoms with Crippen molar-refractivity contribution in [3.63, 3.8) is 0 Å². The molecule has 2 amide bonds. The van der Waals surface area contributed by atoms with E-state index in [4.69, 9.17) is 0 Å². The maximum absolute atomic E-state index is 13.0. The molecule has 2 saturated heterocycles. The number of alkyl halides is 6. The van der Waals surface area contributed by atoms with Crippen LogP contribution in [0.2, 0.25) is 0 Å². The summed E-state index contributed by atoms with van der Waals surface area (Å²) in [6.45, 7) is 0.449. The zero-order valence-electron chi connectivity index (χ0n) is 16.3. The number of hydrogen-bond acceptors (Lipinski definition) is 3. The number of rotatable bonds is 3. The Morgan fingerprint density at radius 3 is 2.34 bits per heavy atom. The summed E-state index contributed by atoms with van der Waals surface area (Å²) in [5.41, 5.74) is -2.03. The molecule has 0 aromatic heterocycles. The van der Waals surface area contributed by atoms with E-state index in [9.17, 15) is 35.9 Å². The van der Waals surface area contributed by atoms with Crippen LogP contribution in [0, 0.1) is 0 Å². The van der Waals surface area contributed by atoms with Crippen LogP contribution in [-0.4, -0.2) is 41.7 Å². The van der Waals surface area contributed by atoms with E-state index < -0.39 is 35.3 Å². The zero-order valence-corrected chi connectivity index (χ0v) is 16.3. The number of amides is 2. The van der Waals surface area contributed by atoms with Gasteiger partial charge in [-0.15, -0.1) is 13.2 Å². The SMILES string of the molecule is O=C1CCC2(CN(C(=O)c3ccc(-c4cccc(C(F)(F)F)c4)c(OC(F)(F)F)c3)C2)N1. The number of halogens is 6. The topological polar surface area (TPSA) is 58.6 Å². The van der Waals surface area contributed by atoms with Gasteiger partial charge in [-0.2, -0.15) is 13.2 Å². The lowest BCUT2D eigenvalue weighted by Crippen LogP contribution is -2.68. The van der Waals surface area contributed by atoms with E-state index in [0.29, 0.717) is 18.9 Å². The van der Waals surface area contributed by atoms with Gasteiger partial charge >= 0.3 is 12.5 Å². The second kappa shape index (κ2) is 7.42. The molecule has 2 aliphatic heterocycles. The van der Waals surface area contributed by atoms with Crippen molar-refractivity contribution in [1.29, 1.82) is 0 Å². The first kappa shape index (κ1) is 22.0. The fourth-order valence-electron chi connectivity index (χ4n) is 3.99. The van der Waals surface area contributed by atoms with Gasteiger partial charge in [0.1, 0.15) is 5.75 Å². The molecule has 2 aromatic rings. The van der Waals surface area contributed by atoms with Crippen molar-refractivity contribution in [3.8, 4) is 16.9 Å². The van der Waals surface area contributed by atoms with E-state index in [1.807, 2.05) is 0 Å². The van der Waals surface area contributed by atoms with Gasteiger partial charge in [-0.1, -0.05) is 12.1 Å². The standard InChI is InChI=1S/C21H16F6N2O3/c22-20(23,24)14-3-1-2-12(8-14)15-5-4-13(9-16(15)32-21(25,26)27)18(31)29-10-19(11-29)7-6-17(30)28-19/h1-5,8-9H,6-7,10-11H2,(H,28,30). The van der Waals surface area contributed by atoms with Crippen molar-refractivity contribution in [2.75, 3.05) is 13.1 Å². The Morgan fingerprint density at radius 1 is 1.03 bits per heavy atom. The summed E-state index contributed by atoms with van der Waals surface area (Å²) in [7, 11) is 0. The number of ether oxygens (including phenoxy) is 1. The van der Waals surface area contributed by atoms with Crippen LogP contribution in [0.15, 0.2) is 42.5 Å². The second-order valence-electron chi connectivity index (χ2n) is 7.83. The van der Waals surface area contributed by atoms with Gasteiger partial charge < -0.3 is 15.0 Å². The van der Waals surface area contributed by atoms with Crippen LogP contribution in [0.1, 0.15) is 28.8 Å². The van der Waals surface area contributed by atoms with E-state index in [2.05, 4.69) is 10.1 Å². The largest absolute Gasteiger partial charge is 0.573 e. The third kappa shape index (κ3) is 4.37. The van der Waals surface area contributed by atoms with Gasteiger partial charge in [0.25, 0.3) is 5.91 Å².